The van der Waals surface area contributed by atoms with Crippen molar-refractivity contribution in [2.45, 2.75) is 51.3 Å². The molecule has 2 aliphatic heterocycles. The number of likely N-dealkylation sites (tertiary alicyclic amines) is 1. The molecule has 5 heteroatoms. The van der Waals surface area contributed by atoms with Gasteiger partial charge in [-0.05, 0) is 55.8 Å². The molecule has 0 radical (unpaired) electrons. The van der Waals surface area contributed by atoms with Crippen LogP contribution < -0.4 is 10.5 Å². The van der Waals surface area contributed by atoms with E-state index in [1.54, 1.807) is 0 Å². The van der Waals surface area contributed by atoms with Crippen LogP contribution in [0.3, 0.4) is 0 Å². The molecule has 24 heavy (non-hydrogen) atoms. The van der Waals surface area contributed by atoms with Crippen molar-refractivity contribution in [2.24, 2.45) is 11.7 Å². The van der Waals surface area contributed by atoms with Crippen LogP contribution in [0.4, 0.5) is 0 Å². The predicted octanol–water partition coefficient (Wildman–Crippen LogP) is 3.23. The zero-order valence-electron chi connectivity index (χ0n) is 14.7. The molecule has 0 amide bonds. The van der Waals surface area contributed by atoms with Crippen molar-refractivity contribution in [3.05, 3.63) is 29.8 Å². The van der Waals surface area contributed by atoms with Gasteiger partial charge in [0, 0.05) is 25.7 Å². The van der Waals surface area contributed by atoms with Crippen molar-refractivity contribution in [3.63, 3.8) is 0 Å². The number of hydrogen-bond donors (Lipinski definition) is 1. The van der Waals surface area contributed by atoms with E-state index in [-0.39, 0.29) is 18.5 Å². The van der Waals surface area contributed by atoms with E-state index in [1.807, 2.05) is 0 Å². The molecular weight excluding hydrogens is 324 g/mol. The van der Waals surface area contributed by atoms with Gasteiger partial charge in [-0.25, -0.2) is 0 Å². The average Bonchev–Trinajstić information content (AvgIpc) is 3.08. The molecular formula is C19H31ClN2O2. The second-order valence-electron chi connectivity index (χ2n) is 6.98. The molecule has 2 aliphatic rings. The maximum atomic E-state index is 5.99. The maximum Gasteiger partial charge on any atom is 0.119 e. The van der Waals surface area contributed by atoms with Crippen LogP contribution in [-0.4, -0.2) is 43.3 Å². The van der Waals surface area contributed by atoms with Crippen LogP contribution in [0.5, 0.6) is 5.75 Å². The van der Waals surface area contributed by atoms with Crippen molar-refractivity contribution in [2.75, 3.05) is 26.3 Å². The van der Waals surface area contributed by atoms with Crippen LogP contribution in [-0.2, 0) is 11.3 Å². The summed E-state index contributed by atoms with van der Waals surface area (Å²) < 4.78 is 11.4. The molecule has 0 bridgehead atoms. The number of hydrogen-bond acceptors (Lipinski definition) is 4. The van der Waals surface area contributed by atoms with E-state index in [1.165, 1.54) is 18.4 Å². The fourth-order valence-corrected chi connectivity index (χ4v) is 3.80. The van der Waals surface area contributed by atoms with Gasteiger partial charge in [0.1, 0.15) is 12.4 Å². The van der Waals surface area contributed by atoms with Gasteiger partial charge in [0.15, 0.2) is 0 Å². The van der Waals surface area contributed by atoms with Gasteiger partial charge >= 0.3 is 0 Å². The van der Waals surface area contributed by atoms with Crippen molar-refractivity contribution in [3.8, 4) is 5.75 Å². The molecule has 0 spiro atoms. The van der Waals surface area contributed by atoms with Crippen molar-refractivity contribution < 1.29 is 9.47 Å². The minimum absolute atomic E-state index is 0. The van der Waals surface area contributed by atoms with Crippen LogP contribution >= 0.6 is 12.4 Å². The minimum Gasteiger partial charge on any atom is -0.491 e. The predicted molar refractivity (Wildman–Crippen MR) is 99.8 cm³/mol. The van der Waals surface area contributed by atoms with Crippen molar-refractivity contribution >= 4 is 12.4 Å². The summed E-state index contributed by atoms with van der Waals surface area (Å²) in [5, 5.41) is 0. The Balaban J connectivity index is 0.00000208. The average molecular weight is 355 g/mol. The summed E-state index contributed by atoms with van der Waals surface area (Å²) in [5.41, 5.74) is 7.32. The van der Waals surface area contributed by atoms with Gasteiger partial charge in [-0.1, -0.05) is 19.1 Å². The van der Waals surface area contributed by atoms with E-state index >= 15 is 0 Å². The zero-order chi connectivity index (χ0) is 16.1. The van der Waals surface area contributed by atoms with Crippen LogP contribution in [0, 0.1) is 5.92 Å². The van der Waals surface area contributed by atoms with E-state index in [9.17, 15) is 0 Å². The quantitative estimate of drug-likeness (QED) is 0.852. The molecule has 3 unspecified atom stereocenters. The number of nitrogens with two attached hydrogens (primary N) is 1. The topological polar surface area (TPSA) is 47.7 Å². The fourth-order valence-electron chi connectivity index (χ4n) is 3.80. The molecule has 3 atom stereocenters. The summed E-state index contributed by atoms with van der Waals surface area (Å²) in [7, 11) is 0. The summed E-state index contributed by atoms with van der Waals surface area (Å²) in [6.45, 7) is 6.76. The van der Waals surface area contributed by atoms with E-state index in [4.69, 9.17) is 15.2 Å². The highest BCUT2D eigenvalue weighted by Gasteiger charge is 2.27. The monoisotopic (exact) mass is 354 g/mol. The van der Waals surface area contributed by atoms with E-state index in [0.29, 0.717) is 18.6 Å². The van der Waals surface area contributed by atoms with Gasteiger partial charge in [0.05, 0.1) is 6.10 Å². The molecule has 2 fully saturated rings. The minimum atomic E-state index is 0. The summed E-state index contributed by atoms with van der Waals surface area (Å²) in [6, 6.07) is 9.03. The fraction of sp³-hybridized carbons (Fsp3) is 0.684. The van der Waals surface area contributed by atoms with Crippen molar-refractivity contribution in [1.82, 2.24) is 4.90 Å². The lowest BCUT2D eigenvalue weighted by Gasteiger charge is -2.39. The molecule has 1 aromatic carbocycles. The smallest absolute Gasteiger partial charge is 0.119 e. The molecule has 136 valence electrons. The highest BCUT2D eigenvalue weighted by Crippen LogP contribution is 2.25. The summed E-state index contributed by atoms with van der Waals surface area (Å²) in [4.78, 5) is 2.54. The molecule has 3 rings (SSSR count). The lowest BCUT2D eigenvalue weighted by molar-refractivity contribution is 0.0679. The van der Waals surface area contributed by atoms with Gasteiger partial charge in [-0.2, -0.15) is 0 Å². The van der Waals surface area contributed by atoms with Gasteiger partial charge in [-0.3, -0.25) is 4.90 Å². The summed E-state index contributed by atoms with van der Waals surface area (Å²) in [5.74, 6) is 1.63. The molecule has 0 aromatic heterocycles. The first-order valence-corrected chi connectivity index (χ1v) is 9.03. The molecule has 0 aliphatic carbocycles. The van der Waals surface area contributed by atoms with Crippen LogP contribution in [0.2, 0.25) is 0 Å². The number of nitrogens with zero attached hydrogens (tertiary/aromatic N) is 1. The maximum absolute atomic E-state index is 5.99. The molecule has 2 N–H and O–H groups in total. The second-order valence-corrected chi connectivity index (χ2v) is 6.98. The number of piperidine rings is 1. The molecule has 4 nitrogen and oxygen atoms in total. The number of rotatable bonds is 6. The van der Waals surface area contributed by atoms with E-state index in [0.717, 1.165) is 44.8 Å². The number of ether oxygens (including phenoxy) is 2. The van der Waals surface area contributed by atoms with E-state index < -0.39 is 0 Å². The van der Waals surface area contributed by atoms with Gasteiger partial charge in [0.2, 0.25) is 0 Å². The molecule has 2 heterocycles. The first kappa shape index (κ1) is 19.5. The largest absolute Gasteiger partial charge is 0.491 e. The Bertz CT molecular complexity index is 477. The van der Waals surface area contributed by atoms with Gasteiger partial charge < -0.3 is 15.2 Å². The number of halogens is 1. The van der Waals surface area contributed by atoms with E-state index in [2.05, 4.69) is 36.1 Å². The van der Waals surface area contributed by atoms with Crippen LogP contribution in [0.15, 0.2) is 24.3 Å². The summed E-state index contributed by atoms with van der Waals surface area (Å²) in [6.07, 6.45) is 5.12. The first-order chi connectivity index (χ1) is 11.3. The third-order valence-electron chi connectivity index (χ3n) is 5.24. The lowest BCUT2D eigenvalue weighted by Crippen LogP contribution is -2.47. The highest BCUT2D eigenvalue weighted by molar-refractivity contribution is 5.85. The highest BCUT2D eigenvalue weighted by atomic mass is 35.5. The number of benzene rings is 1. The molecule has 2 saturated heterocycles. The Morgan fingerprint density at radius 1 is 1.21 bits per heavy atom. The Labute approximate surface area is 152 Å². The summed E-state index contributed by atoms with van der Waals surface area (Å²) >= 11 is 0. The standard InChI is InChI=1S/C19H30N2O2.ClH/c1-15-4-2-10-21(19(15)12-20)13-16-6-8-17(9-7-16)23-14-18-5-3-11-22-18;/h6-9,15,18-19H,2-5,10-14,20H2,1H3;1H. The Hall–Kier alpha value is -0.810. The zero-order valence-corrected chi connectivity index (χ0v) is 15.5. The SMILES string of the molecule is CC1CCCN(Cc2ccc(OCC3CCCO3)cc2)C1CN.Cl. The van der Waals surface area contributed by atoms with Crippen molar-refractivity contribution in [1.29, 1.82) is 0 Å². The first-order valence-electron chi connectivity index (χ1n) is 9.03. The van der Waals surface area contributed by atoms with Gasteiger partial charge in [-0.15, -0.1) is 12.4 Å². The normalized spacial score (nSPS) is 27.7. The second kappa shape index (κ2) is 9.62. The van der Waals surface area contributed by atoms with Crippen LogP contribution in [0.1, 0.15) is 38.2 Å². The van der Waals surface area contributed by atoms with Gasteiger partial charge in [0.25, 0.3) is 0 Å². The third-order valence-corrected chi connectivity index (χ3v) is 5.24. The Morgan fingerprint density at radius 3 is 2.67 bits per heavy atom. The Kier molecular flexibility index (Phi) is 7.82. The van der Waals surface area contributed by atoms with Crippen LogP contribution in [0.25, 0.3) is 0 Å². The Morgan fingerprint density at radius 2 is 2.00 bits per heavy atom. The molecule has 0 saturated carbocycles. The third kappa shape index (κ3) is 5.09. The lowest BCUT2D eigenvalue weighted by atomic mass is 9.90. The molecule has 1 aromatic rings.